The standard InChI is InChI=1S/C8H18N3/c1-2-3-7(9)8-6-10-4-5-11-8/h7-8,10H,2-6,9H2,1H3. The third-order valence-electron chi connectivity index (χ3n) is 2.12. The molecule has 0 aromatic heterocycles. The molecule has 0 saturated carbocycles. The van der Waals surface area contributed by atoms with Crippen molar-refractivity contribution in [2.75, 3.05) is 19.6 Å². The Kier molecular flexibility index (Phi) is 3.83. The molecule has 3 heteroatoms. The van der Waals surface area contributed by atoms with Crippen molar-refractivity contribution in [3.63, 3.8) is 0 Å². The molecule has 1 heterocycles. The van der Waals surface area contributed by atoms with E-state index in [-0.39, 0.29) is 6.04 Å². The van der Waals surface area contributed by atoms with Crippen LogP contribution in [0.2, 0.25) is 0 Å². The second-order valence-electron chi connectivity index (χ2n) is 3.13. The molecule has 3 N–H and O–H groups in total. The fourth-order valence-electron chi connectivity index (χ4n) is 1.44. The van der Waals surface area contributed by atoms with E-state index in [2.05, 4.69) is 17.6 Å². The average Bonchev–Trinajstić information content (AvgIpc) is 2.07. The molecule has 1 radical (unpaired) electrons. The zero-order chi connectivity index (χ0) is 8.10. The van der Waals surface area contributed by atoms with Crippen LogP contribution in [-0.4, -0.2) is 31.7 Å². The van der Waals surface area contributed by atoms with Crippen LogP contribution >= 0.6 is 0 Å². The van der Waals surface area contributed by atoms with Crippen molar-refractivity contribution in [3.8, 4) is 0 Å². The van der Waals surface area contributed by atoms with Gasteiger partial charge in [0.25, 0.3) is 0 Å². The first kappa shape index (κ1) is 8.97. The molecule has 0 spiro atoms. The molecule has 1 fully saturated rings. The minimum absolute atomic E-state index is 0.271. The zero-order valence-corrected chi connectivity index (χ0v) is 7.21. The number of nitrogens with one attached hydrogen (secondary N) is 1. The van der Waals surface area contributed by atoms with Crippen molar-refractivity contribution >= 4 is 0 Å². The highest BCUT2D eigenvalue weighted by Gasteiger charge is 2.19. The van der Waals surface area contributed by atoms with Crippen LogP contribution in [0.25, 0.3) is 0 Å². The zero-order valence-electron chi connectivity index (χ0n) is 7.21. The van der Waals surface area contributed by atoms with Crippen LogP contribution in [0, 0.1) is 0 Å². The highest BCUT2D eigenvalue weighted by molar-refractivity contribution is 4.83. The number of hydrogen-bond acceptors (Lipinski definition) is 2. The first-order valence-electron chi connectivity index (χ1n) is 4.47. The quantitative estimate of drug-likeness (QED) is 0.589. The molecule has 1 rings (SSSR count). The lowest BCUT2D eigenvalue weighted by atomic mass is 10.0. The van der Waals surface area contributed by atoms with Gasteiger partial charge in [0.2, 0.25) is 0 Å². The van der Waals surface area contributed by atoms with Gasteiger partial charge in [0.05, 0.1) is 6.04 Å². The van der Waals surface area contributed by atoms with Crippen LogP contribution in [0.3, 0.4) is 0 Å². The van der Waals surface area contributed by atoms with E-state index >= 15 is 0 Å². The van der Waals surface area contributed by atoms with Crippen molar-refractivity contribution < 1.29 is 0 Å². The Morgan fingerprint density at radius 2 is 2.55 bits per heavy atom. The van der Waals surface area contributed by atoms with Gasteiger partial charge in [-0.3, -0.25) is 0 Å². The Morgan fingerprint density at radius 3 is 3.09 bits per heavy atom. The number of piperazine rings is 1. The van der Waals surface area contributed by atoms with E-state index in [1.165, 1.54) is 0 Å². The van der Waals surface area contributed by atoms with E-state index in [0.29, 0.717) is 6.04 Å². The minimum Gasteiger partial charge on any atom is -0.326 e. The van der Waals surface area contributed by atoms with Gasteiger partial charge in [-0.25, -0.2) is 5.32 Å². The molecule has 0 aromatic carbocycles. The fraction of sp³-hybridized carbons (Fsp3) is 1.00. The van der Waals surface area contributed by atoms with Crippen molar-refractivity contribution in [2.24, 2.45) is 5.73 Å². The molecule has 1 saturated heterocycles. The van der Waals surface area contributed by atoms with Crippen LogP contribution in [0.15, 0.2) is 0 Å². The minimum atomic E-state index is 0.271. The Bertz CT molecular complexity index is 99.5. The average molecular weight is 156 g/mol. The summed E-state index contributed by atoms with van der Waals surface area (Å²) in [5, 5.41) is 7.76. The van der Waals surface area contributed by atoms with Crippen LogP contribution < -0.4 is 16.4 Å². The lowest BCUT2D eigenvalue weighted by Gasteiger charge is -2.27. The molecule has 2 unspecified atom stereocenters. The lowest BCUT2D eigenvalue weighted by Crippen LogP contribution is -2.53. The predicted molar refractivity (Wildman–Crippen MR) is 46.5 cm³/mol. The smallest absolute Gasteiger partial charge is 0.0522 e. The molecule has 11 heavy (non-hydrogen) atoms. The van der Waals surface area contributed by atoms with E-state index in [1.807, 2.05) is 0 Å². The fourth-order valence-corrected chi connectivity index (χ4v) is 1.44. The van der Waals surface area contributed by atoms with Crippen molar-refractivity contribution in [1.82, 2.24) is 10.6 Å². The number of hydrogen-bond donors (Lipinski definition) is 2. The third-order valence-corrected chi connectivity index (χ3v) is 2.12. The molecule has 65 valence electrons. The van der Waals surface area contributed by atoms with Crippen molar-refractivity contribution in [2.45, 2.75) is 31.8 Å². The van der Waals surface area contributed by atoms with E-state index in [1.54, 1.807) is 0 Å². The molecule has 1 aliphatic heterocycles. The normalized spacial score (nSPS) is 28.4. The van der Waals surface area contributed by atoms with Gasteiger partial charge in [0.15, 0.2) is 0 Å². The Labute approximate surface area is 68.7 Å². The first-order valence-corrected chi connectivity index (χ1v) is 4.47. The Hall–Kier alpha value is -0.120. The van der Waals surface area contributed by atoms with Gasteiger partial charge in [-0.1, -0.05) is 13.3 Å². The molecular weight excluding hydrogens is 138 g/mol. The SMILES string of the molecule is CCCC(N)C1CNCC[N]1. The van der Waals surface area contributed by atoms with Gasteiger partial charge >= 0.3 is 0 Å². The van der Waals surface area contributed by atoms with E-state index < -0.39 is 0 Å². The number of rotatable bonds is 3. The third kappa shape index (κ3) is 2.77. The monoisotopic (exact) mass is 156 g/mol. The highest BCUT2D eigenvalue weighted by atomic mass is 15.1. The Morgan fingerprint density at radius 1 is 1.73 bits per heavy atom. The maximum atomic E-state index is 5.93. The Balaban J connectivity index is 2.21. The van der Waals surface area contributed by atoms with Gasteiger partial charge in [0.1, 0.15) is 0 Å². The molecule has 1 aliphatic rings. The summed E-state index contributed by atoms with van der Waals surface area (Å²) in [7, 11) is 0. The molecular formula is C8H18N3. The molecule has 0 aromatic rings. The summed E-state index contributed by atoms with van der Waals surface area (Å²) in [5.74, 6) is 0. The van der Waals surface area contributed by atoms with Gasteiger partial charge in [-0.2, -0.15) is 0 Å². The summed E-state index contributed by atoms with van der Waals surface area (Å²) < 4.78 is 0. The van der Waals surface area contributed by atoms with Crippen LogP contribution in [0.1, 0.15) is 19.8 Å². The molecule has 0 bridgehead atoms. The predicted octanol–water partition coefficient (Wildman–Crippen LogP) is -0.310. The van der Waals surface area contributed by atoms with Gasteiger partial charge in [0, 0.05) is 25.7 Å². The van der Waals surface area contributed by atoms with E-state index in [4.69, 9.17) is 5.73 Å². The summed E-state index contributed by atoms with van der Waals surface area (Å²) in [6.45, 7) is 5.09. The molecule has 0 amide bonds. The summed E-state index contributed by atoms with van der Waals surface area (Å²) in [5.41, 5.74) is 5.93. The number of nitrogens with two attached hydrogens (primary N) is 1. The van der Waals surface area contributed by atoms with Gasteiger partial charge in [-0.05, 0) is 6.42 Å². The second-order valence-corrected chi connectivity index (χ2v) is 3.13. The van der Waals surface area contributed by atoms with Gasteiger partial charge < -0.3 is 11.1 Å². The highest BCUT2D eigenvalue weighted by Crippen LogP contribution is 2.01. The molecule has 3 nitrogen and oxygen atoms in total. The first-order chi connectivity index (χ1) is 5.34. The maximum absolute atomic E-state index is 5.93. The van der Waals surface area contributed by atoms with E-state index in [9.17, 15) is 0 Å². The van der Waals surface area contributed by atoms with Crippen molar-refractivity contribution in [3.05, 3.63) is 0 Å². The van der Waals surface area contributed by atoms with Crippen LogP contribution in [-0.2, 0) is 0 Å². The lowest BCUT2D eigenvalue weighted by molar-refractivity contribution is 0.346. The van der Waals surface area contributed by atoms with Crippen LogP contribution in [0.5, 0.6) is 0 Å². The van der Waals surface area contributed by atoms with Gasteiger partial charge in [-0.15, -0.1) is 0 Å². The molecule has 0 aliphatic carbocycles. The maximum Gasteiger partial charge on any atom is 0.0522 e. The summed E-state index contributed by atoms with van der Waals surface area (Å²) in [4.78, 5) is 0. The number of nitrogens with zero attached hydrogens (tertiary/aromatic N) is 1. The summed E-state index contributed by atoms with van der Waals surface area (Å²) in [6.07, 6.45) is 2.25. The second kappa shape index (κ2) is 4.70. The molecule has 2 atom stereocenters. The van der Waals surface area contributed by atoms with E-state index in [0.717, 1.165) is 32.5 Å². The van der Waals surface area contributed by atoms with Crippen LogP contribution in [0.4, 0.5) is 0 Å². The summed E-state index contributed by atoms with van der Waals surface area (Å²) in [6, 6.07) is 0.636. The largest absolute Gasteiger partial charge is 0.326 e. The summed E-state index contributed by atoms with van der Waals surface area (Å²) >= 11 is 0. The topological polar surface area (TPSA) is 52.1 Å². The van der Waals surface area contributed by atoms with Crippen molar-refractivity contribution in [1.29, 1.82) is 0 Å².